The number of aromatic nitrogens is 2. The number of amides is 1. The van der Waals surface area contributed by atoms with E-state index in [4.69, 9.17) is 10.5 Å². The molecular formula is C23H28N4O2. The molecule has 1 aromatic carbocycles. The molecule has 1 saturated heterocycles. The van der Waals surface area contributed by atoms with Gasteiger partial charge in [-0.3, -0.25) is 4.79 Å². The lowest BCUT2D eigenvalue weighted by Crippen LogP contribution is -2.42. The van der Waals surface area contributed by atoms with E-state index in [1.807, 2.05) is 65.0 Å². The average Bonchev–Trinajstić information content (AvgIpc) is 3.14. The van der Waals surface area contributed by atoms with Crippen LogP contribution in [-0.2, 0) is 6.61 Å². The lowest BCUT2D eigenvalue weighted by atomic mass is 9.90. The maximum absolute atomic E-state index is 12.9. The Balaban J connectivity index is 1.39. The van der Waals surface area contributed by atoms with Crippen molar-refractivity contribution in [2.24, 2.45) is 11.7 Å². The zero-order chi connectivity index (χ0) is 20.4. The summed E-state index contributed by atoms with van der Waals surface area (Å²) in [7, 11) is 0. The number of carbonyl (C=O) groups excluding carboxylic acids is 1. The smallest absolute Gasteiger partial charge is 0.253 e. The minimum Gasteiger partial charge on any atom is -0.487 e. The second-order valence-electron chi connectivity index (χ2n) is 8.01. The molecule has 6 heteroatoms. The number of benzene rings is 1. The fourth-order valence-corrected chi connectivity index (χ4v) is 3.91. The number of piperidine rings is 1. The van der Waals surface area contributed by atoms with Gasteiger partial charge >= 0.3 is 0 Å². The number of fused-ring (bicyclic) bond motifs is 1. The Morgan fingerprint density at radius 2 is 2.03 bits per heavy atom. The van der Waals surface area contributed by atoms with E-state index in [1.54, 1.807) is 0 Å². The molecule has 152 valence electrons. The summed E-state index contributed by atoms with van der Waals surface area (Å²) in [6.07, 6.45) is 5.94. The first-order valence-corrected chi connectivity index (χ1v) is 10.2. The maximum atomic E-state index is 12.9. The van der Waals surface area contributed by atoms with Gasteiger partial charge < -0.3 is 19.8 Å². The topological polar surface area (TPSA) is 72.9 Å². The minimum absolute atomic E-state index is 0.0572. The summed E-state index contributed by atoms with van der Waals surface area (Å²) in [5.74, 6) is 1.24. The number of hydrogen-bond acceptors (Lipinski definition) is 4. The Hall–Kier alpha value is -2.86. The predicted molar refractivity (Wildman–Crippen MR) is 113 cm³/mol. The van der Waals surface area contributed by atoms with Gasteiger partial charge in [-0.2, -0.15) is 0 Å². The van der Waals surface area contributed by atoms with Gasteiger partial charge in [-0.15, -0.1) is 0 Å². The molecule has 29 heavy (non-hydrogen) atoms. The van der Waals surface area contributed by atoms with Gasteiger partial charge in [-0.05, 0) is 62.4 Å². The molecule has 4 rings (SSSR count). The summed E-state index contributed by atoms with van der Waals surface area (Å²) in [5.41, 5.74) is 9.59. The number of ether oxygens (including phenoxy) is 1. The third-order valence-corrected chi connectivity index (χ3v) is 5.69. The summed E-state index contributed by atoms with van der Waals surface area (Å²) in [5, 5.41) is 0. The van der Waals surface area contributed by atoms with Crippen molar-refractivity contribution in [3.8, 4) is 5.75 Å². The van der Waals surface area contributed by atoms with Gasteiger partial charge in [0, 0.05) is 37.1 Å². The third kappa shape index (κ3) is 4.43. The number of hydrogen-bond donors (Lipinski definition) is 1. The number of imidazole rings is 1. The molecule has 1 fully saturated rings. The first-order valence-electron chi connectivity index (χ1n) is 10.2. The zero-order valence-electron chi connectivity index (χ0n) is 17.0. The molecule has 0 radical (unpaired) electrons. The van der Waals surface area contributed by atoms with Gasteiger partial charge in [-0.25, -0.2) is 4.98 Å². The molecule has 0 spiro atoms. The predicted octanol–water partition coefficient (Wildman–Crippen LogP) is 3.42. The molecule has 0 aliphatic carbocycles. The number of nitrogens with two attached hydrogens (primary N) is 1. The maximum Gasteiger partial charge on any atom is 0.253 e. The van der Waals surface area contributed by atoms with Crippen LogP contribution >= 0.6 is 0 Å². The first kappa shape index (κ1) is 19.5. The van der Waals surface area contributed by atoms with Gasteiger partial charge in [0.15, 0.2) is 0 Å². The molecule has 0 bridgehead atoms. The van der Waals surface area contributed by atoms with E-state index in [2.05, 4.69) is 11.9 Å². The normalized spacial score (nSPS) is 16.2. The van der Waals surface area contributed by atoms with E-state index < -0.39 is 0 Å². The highest BCUT2D eigenvalue weighted by Gasteiger charge is 2.25. The molecule has 6 nitrogen and oxygen atoms in total. The van der Waals surface area contributed by atoms with Gasteiger partial charge in [0.05, 0.1) is 5.69 Å². The van der Waals surface area contributed by atoms with Crippen LogP contribution in [0.1, 0.15) is 41.4 Å². The van der Waals surface area contributed by atoms with Crippen LogP contribution in [0.25, 0.3) is 5.65 Å². The second-order valence-corrected chi connectivity index (χ2v) is 8.01. The summed E-state index contributed by atoms with van der Waals surface area (Å²) >= 11 is 0. The van der Waals surface area contributed by atoms with Crippen LogP contribution in [0.5, 0.6) is 5.75 Å². The molecule has 1 unspecified atom stereocenters. The second kappa shape index (κ2) is 8.25. The molecule has 0 saturated carbocycles. The quantitative estimate of drug-likeness (QED) is 0.722. The first-order chi connectivity index (χ1) is 14.0. The van der Waals surface area contributed by atoms with Crippen LogP contribution in [0, 0.1) is 12.8 Å². The van der Waals surface area contributed by atoms with Gasteiger partial charge in [0.2, 0.25) is 0 Å². The SMILES string of the molecule is Cc1ccc2nc(COc3cccc(C(=O)N4CCC(C(C)N)CC4)c3)cn2c1. The lowest BCUT2D eigenvalue weighted by molar-refractivity contribution is 0.0680. The summed E-state index contributed by atoms with van der Waals surface area (Å²) in [6.45, 7) is 5.98. The molecule has 1 aliphatic rings. The minimum atomic E-state index is 0.0572. The molecule has 1 amide bonds. The highest BCUT2D eigenvalue weighted by Crippen LogP contribution is 2.22. The summed E-state index contributed by atoms with van der Waals surface area (Å²) in [6, 6.07) is 11.6. The van der Waals surface area contributed by atoms with Gasteiger partial charge in [-0.1, -0.05) is 12.1 Å². The standard InChI is InChI=1S/C23H28N4O2/c1-16-6-7-22-25-20(14-27(22)13-16)15-29-21-5-3-4-19(12-21)23(28)26-10-8-18(9-11-26)17(2)24/h3-7,12-14,17-18H,8-11,15,24H2,1-2H3. The van der Waals surface area contributed by atoms with Crippen LogP contribution < -0.4 is 10.5 Å². The van der Waals surface area contributed by atoms with Crippen molar-refractivity contribution in [3.63, 3.8) is 0 Å². The van der Waals surface area contributed by atoms with Gasteiger partial charge in [0.25, 0.3) is 5.91 Å². The van der Waals surface area contributed by atoms with E-state index >= 15 is 0 Å². The molecule has 2 aromatic heterocycles. The Bertz CT molecular complexity index is 1000. The third-order valence-electron chi connectivity index (χ3n) is 5.69. The van der Waals surface area contributed by atoms with E-state index in [9.17, 15) is 4.79 Å². The number of likely N-dealkylation sites (tertiary alicyclic amines) is 1. The Labute approximate surface area is 171 Å². The molecule has 1 atom stereocenters. The summed E-state index contributed by atoms with van der Waals surface area (Å²) < 4.78 is 7.92. The van der Waals surface area contributed by atoms with Gasteiger partial charge in [0.1, 0.15) is 18.0 Å². The molecular weight excluding hydrogens is 364 g/mol. The lowest BCUT2D eigenvalue weighted by Gasteiger charge is -2.33. The molecule has 2 N–H and O–H groups in total. The Kier molecular flexibility index (Phi) is 5.53. The van der Waals surface area contributed by atoms with Crippen molar-refractivity contribution < 1.29 is 9.53 Å². The van der Waals surface area contributed by atoms with Crippen LogP contribution in [0.15, 0.2) is 48.8 Å². The average molecular weight is 393 g/mol. The van der Waals surface area contributed by atoms with Crippen LogP contribution in [0.3, 0.4) is 0 Å². The number of carbonyl (C=O) groups is 1. The van der Waals surface area contributed by atoms with Crippen molar-refractivity contribution in [2.45, 2.75) is 39.3 Å². The largest absolute Gasteiger partial charge is 0.487 e. The van der Waals surface area contributed by atoms with E-state index in [0.29, 0.717) is 23.8 Å². The van der Waals surface area contributed by atoms with Crippen molar-refractivity contribution in [1.82, 2.24) is 14.3 Å². The monoisotopic (exact) mass is 392 g/mol. The number of rotatable bonds is 5. The molecule has 3 heterocycles. The molecule has 1 aliphatic heterocycles. The number of nitrogens with zero attached hydrogens (tertiary/aromatic N) is 3. The fourth-order valence-electron chi connectivity index (χ4n) is 3.91. The highest BCUT2D eigenvalue weighted by atomic mass is 16.5. The summed E-state index contributed by atoms with van der Waals surface area (Å²) in [4.78, 5) is 19.4. The van der Waals surface area contributed by atoms with Crippen LogP contribution in [0.4, 0.5) is 0 Å². The van der Waals surface area contributed by atoms with E-state index in [1.165, 1.54) is 5.56 Å². The zero-order valence-corrected chi connectivity index (χ0v) is 17.0. The van der Waals surface area contributed by atoms with Crippen LogP contribution in [0.2, 0.25) is 0 Å². The number of aryl methyl sites for hydroxylation is 1. The fraction of sp³-hybridized carbons (Fsp3) is 0.391. The van der Waals surface area contributed by atoms with Crippen molar-refractivity contribution >= 4 is 11.6 Å². The Morgan fingerprint density at radius 1 is 1.24 bits per heavy atom. The highest BCUT2D eigenvalue weighted by molar-refractivity contribution is 5.94. The van der Waals surface area contributed by atoms with E-state index in [-0.39, 0.29) is 11.9 Å². The van der Waals surface area contributed by atoms with Crippen LogP contribution in [-0.4, -0.2) is 39.3 Å². The van der Waals surface area contributed by atoms with Crippen molar-refractivity contribution in [3.05, 3.63) is 65.6 Å². The number of pyridine rings is 1. The van der Waals surface area contributed by atoms with Crippen molar-refractivity contribution in [1.29, 1.82) is 0 Å². The Morgan fingerprint density at radius 3 is 2.79 bits per heavy atom. The molecule has 3 aromatic rings. The van der Waals surface area contributed by atoms with E-state index in [0.717, 1.165) is 37.3 Å². The van der Waals surface area contributed by atoms with Crippen molar-refractivity contribution in [2.75, 3.05) is 13.1 Å².